The Morgan fingerprint density at radius 2 is 2.05 bits per heavy atom. The predicted molar refractivity (Wildman–Crippen MR) is 77.7 cm³/mol. The van der Waals surface area contributed by atoms with E-state index in [9.17, 15) is 4.79 Å². The van der Waals surface area contributed by atoms with Gasteiger partial charge >= 0.3 is 0 Å². The summed E-state index contributed by atoms with van der Waals surface area (Å²) in [7, 11) is 1.56. The van der Waals surface area contributed by atoms with E-state index in [2.05, 4.69) is 10.5 Å². The summed E-state index contributed by atoms with van der Waals surface area (Å²) in [5.74, 6) is 1.78. The van der Waals surface area contributed by atoms with E-state index in [0.29, 0.717) is 23.1 Å². The van der Waals surface area contributed by atoms with Crippen LogP contribution in [0.15, 0.2) is 28.8 Å². The van der Waals surface area contributed by atoms with E-state index >= 15 is 0 Å². The maximum atomic E-state index is 12.0. The van der Waals surface area contributed by atoms with Crippen molar-refractivity contribution in [3.8, 4) is 11.5 Å². The van der Waals surface area contributed by atoms with Crippen LogP contribution in [0.3, 0.4) is 0 Å². The van der Waals surface area contributed by atoms with E-state index in [1.165, 1.54) is 0 Å². The van der Waals surface area contributed by atoms with E-state index in [0.717, 1.165) is 5.56 Å². The Hall–Kier alpha value is -2.50. The SMILES string of the molecule is COc1cc(C)ccc1O[C@@H](C)C(=O)Nc1cc(C)on1. The first-order valence-electron chi connectivity index (χ1n) is 6.55. The lowest BCUT2D eigenvalue weighted by Crippen LogP contribution is -2.30. The number of ether oxygens (including phenoxy) is 2. The van der Waals surface area contributed by atoms with Crippen LogP contribution in [0.2, 0.25) is 0 Å². The number of methoxy groups -OCH3 is 1. The molecule has 2 rings (SSSR count). The highest BCUT2D eigenvalue weighted by atomic mass is 16.5. The minimum absolute atomic E-state index is 0.314. The van der Waals surface area contributed by atoms with Crippen molar-refractivity contribution in [1.29, 1.82) is 0 Å². The fourth-order valence-corrected chi connectivity index (χ4v) is 1.77. The summed E-state index contributed by atoms with van der Waals surface area (Å²) in [6, 6.07) is 7.15. The zero-order valence-electron chi connectivity index (χ0n) is 12.5. The summed E-state index contributed by atoms with van der Waals surface area (Å²) >= 11 is 0. The van der Waals surface area contributed by atoms with Gasteiger partial charge in [0.2, 0.25) is 0 Å². The molecule has 0 fully saturated rings. The van der Waals surface area contributed by atoms with Crippen molar-refractivity contribution >= 4 is 11.7 Å². The highest BCUT2D eigenvalue weighted by molar-refractivity contribution is 5.93. The van der Waals surface area contributed by atoms with Crippen molar-refractivity contribution < 1.29 is 18.8 Å². The van der Waals surface area contributed by atoms with Gasteiger partial charge in [-0.2, -0.15) is 0 Å². The molecule has 0 aliphatic carbocycles. The molecule has 0 unspecified atom stereocenters. The highest BCUT2D eigenvalue weighted by Crippen LogP contribution is 2.28. The first-order valence-corrected chi connectivity index (χ1v) is 6.55. The second-order valence-electron chi connectivity index (χ2n) is 4.73. The van der Waals surface area contributed by atoms with Gasteiger partial charge in [-0.05, 0) is 38.5 Å². The topological polar surface area (TPSA) is 73.6 Å². The number of amides is 1. The Morgan fingerprint density at radius 1 is 1.29 bits per heavy atom. The van der Waals surface area contributed by atoms with Gasteiger partial charge in [0.15, 0.2) is 23.4 Å². The van der Waals surface area contributed by atoms with Crippen molar-refractivity contribution in [2.45, 2.75) is 26.9 Å². The lowest BCUT2D eigenvalue weighted by Gasteiger charge is -2.16. The van der Waals surface area contributed by atoms with Crippen LogP contribution in [0.1, 0.15) is 18.2 Å². The third-order valence-electron chi connectivity index (χ3n) is 2.87. The second kappa shape index (κ2) is 6.30. The molecular weight excluding hydrogens is 272 g/mol. The number of carbonyl (C=O) groups excluding carboxylic acids is 1. The van der Waals surface area contributed by atoms with Crippen molar-refractivity contribution in [2.75, 3.05) is 12.4 Å². The lowest BCUT2D eigenvalue weighted by atomic mass is 10.2. The number of carbonyl (C=O) groups is 1. The van der Waals surface area contributed by atoms with Gasteiger partial charge in [-0.1, -0.05) is 11.2 Å². The Labute approximate surface area is 123 Å². The smallest absolute Gasteiger partial charge is 0.266 e. The predicted octanol–water partition coefficient (Wildman–Crippen LogP) is 2.71. The molecule has 0 saturated heterocycles. The minimum atomic E-state index is -0.696. The normalized spacial score (nSPS) is 11.8. The van der Waals surface area contributed by atoms with Gasteiger partial charge < -0.3 is 19.3 Å². The largest absolute Gasteiger partial charge is 0.493 e. The Balaban J connectivity index is 2.03. The Morgan fingerprint density at radius 3 is 2.67 bits per heavy atom. The molecule has 2 aromatic rings. The van der Waals surface area contributed by atoms with Crippen LogP contribution in [-0.4, -0.2) is 24.3 Å². The average Bonchev–Trinajstić information content (AvgIpc) is 2.85. The molecule has 112 valence electrons. The molecule has 21 heavy (non-hydrogen) atoms. The molecule has 1 aromatic carbocycles. The van der Waals surface area contributed by atoms with Gasteiger partial charge in [0.25, 0.3) is 5.91 Å². The lowest BCUT2D eigenvalue weighted by molar-refractivity contribution is -0.122. The third kappa shape index (κ3) is 3.75. The molecule has 0 bridgehead atoms. The second-order valence-corrected chi connectivity index (χ2v) is 4.73. The quantitative estimate of drug-likeness (QED) is 0.916. The van der Waals surface area contributed by atoms with E-state index in [1.54, 1.807) is 33.1 Å². The first-order chi connectivity index (χ1) is 9.99. The van der Waals surface area contributed by atoms with Crippen LogP contribution < -0.4 is 14.8 Å². The Bertz CT molecular complexity index is 636. The molecule has 1 heterocycles. The number of hydrogen-bond acceptors (Lipinski definition) is 5. The zero-order chi connectivity index (χ0) is 15.4. The number of rotatable bonds is 5. The van der Waals surface area contributed by atoms with E-state index in [-0.39, 0.29) is 5.91 Å². The average molecular weight is 290 g/mol. The van der Waals surface area contributed by atoms with E-state index in [1.807, 2.05) is 19.1 Å². The summed E-state index contributed by atoms with van der Waals surface area (Å²) in [5, 5.41) is 6.33. The maximum absolute atomic E-state index is 12.0. The van der Waals surface area contributed by atoms with Crippen LogP contribution in [0.5, 0.6) is 11.5 Å². The van der Waals surface area contributed by atoms with Crippen LogP contribution in [-0.2, 0) is 4.79 Å². The van der Waals surface area contributed by atoms with Gasteiger partial charge in [-0.25, -0.2) is 0 Å². The summed E-state index contributed by atoms with van der Waals surface area (Å²) in [6.45, 7) is 5.36. The van der Waals surface area contributed by atoms with Gasteiger partial charge in [0, 0.05) is 6.07 Å². The van der Waals surface area contributed by atoms with Crippen LogP contribution in [0.25, 0.3) is 0 Å². The molecule has 1 aromatic heterocycles. The molecule has 6 heteroatoms. The van der Waals surface area contributed by atoms with Crippen LogP contribution >= 0.6 is 0 Å². The molecular formula is C15H18N2O4. The fraction of sp³-hybridized carbons (Fsp3) is 0.333. The van der Waals surface area contributed by atoms with Crippen LogP contribution in [0, 0.1) is 13.8 Å². The van der Waals surface area contributed by atoms with E-state index < -0.39 is 6.10 Å². The number of aromatic nitrogens is 1. The monoisotopic (exact) mass is 290 g/mol. The standard InChI is InChI=1S/C15H18N2O4/c1-9-5-6-12(13(7-9)19-4)20-11(3)15(18)16-14-8-10(2)21-17-14/h5-8,11H,1-4H3,(H,16,17,18)/t11-/m0/s1. The summed E-state index contributed by atoms with van der Waals surface area (Å²) in [6.07, 6.45) is -0.696. The molecule has 0 spiro atoms. The highest BCUT2D eigenvalue weighted by Gasteiger charge is 2.18. The molecule has 0 saturated carbocycles. The molecule has 0 aliphatic rings. The summed E-state index contributed by atoms with van der Waals surface area (Å²) in [4.78, 5) is 12.0. The molecule has 0 radical (unpaired) electrons. The molecule has 0 aliphatic heterocycles. The molecule has 1 atom stereocenters. The first kappa shape index (κ1) is 14.9. The van der Waals surface area contributed by atoms with Gasteiger partial charge in [0.05, 0.1) is 7.11 Å². The number of aryl methyl sites for hydroxylation is 2. The number of hydrogen-bond donors (Lipinski definition) is 1. The summed E-state index contributed by atoms with van der Waals surface area (Å²) in [5.41, 5.74) is 1.05. The zero-order valence-corrected chi connectivity index (χ0v) is 12.5. The minimum Gasteiger partial charge on any atom is -0.493 e. The van der Waals surface area contributed by atoms with E-state index in [4.69, 9.17) is 14.0 Å². The number of nitrogens with one attached hydrogen (secondary N) is 1. The van der Waals surface area contributed by atoms with Gasteiger partial charge in [-0.3, -0.25) is 4.79 Å². The summed E-state index contributed by atoms with van der Waals surface area (Å²) < 4.78 is 15.8. The number of anilines is 1. The fourth-order valence-electron chi connectivity index (χ4n) is 1.77. The van der Waals surface area contributed by atoms with Crippen molar-refractivity contribution in [3.05, 3.63) is 35.6 Å². The van der Waals surface area contributed by atoms with Crippen molar-refractivity contribution in [3.63, 3.8) is 0 Å². The molecule has 6 nitrogen and oxygen atoms in total. The van der Waals surface area contributed by atoms with Crippen molar-refractivity contribution in [2.24, 2.45) is 0 Å². The maximum Gasteiger partial charge on any atom is 0.266 e. The van der Waals surface area contributed by atoms with Gasteiger partial charge in [-0.15, -0.1) is 0 Å². The Kier molecular flexibility index (Phi) is 4.47. The number of nitrogens with zero attached hydrogens (tertiary/aromatic N) is 1. The van der Waals surface area contributed by atoms with Crippen LogP contribution in [0.4, 0.5) is 5.82 Å². The van der Waals surface area contributed by atoms with Gasteiger partial charge in [0.1, 0.15) is 5.76 Å². The third-order valence-corrected chi connectivity index (χ3v) is 2.87. The molecule has 1 amide bonds. The van der Waals surface area contributed by atoms with Crippen molar-refractivity contribution in [1.82, 2.24) is 5.16 Å². The molecule has 1 N–H and O–H groups in total. The number of benzene rings is 1.